The number of rotatable bonds is 1. The van der Waals surface area contributed by atoms with Crippen LogP contribution in [0.5, 0.6) is 17.2 Å². The molecule has 94 valence electrons. The second-order valence-corrected chi connectivity index (χ2v) is 4.48. The van der Waals surface area contributed by atoms with Crippen molar-refractivity contribution in [3.8, 4) is 23.3 Å². The summed E-state index contributed by atoms with van der Waals surface area (Å²) in [6.07, 6.45) is 0.886. The summed E-state index contributed by atoms with van der Waals surface area (Å²) in [5.74, 6) is 1.97. The van der Waals surface area contributed by atoms with Gasteiger partial charge in [0.2, 0.25) is 12.5 Å². The van der Waals surface area contributed by atoms with Crippen LogP contribution in [-0.4, -0.2) is 32.4 Å². The minimum Gasteiger partial charge on any atom is -0.492 e. The molecule has 0 N–H and O–H groups in total. The third kappa shape index (κ3) is 1.42. The Labute approximate surface area is 105 Å². The summed E-state index contributed by atoms with van der Waals surface area (Å²) in [6, 6.07) is 4.00. The van der Waals surface area contributed by atoms with Gasteiger partial charge in [0.05, 0.1) is 13.2 Å². The lowest BCUT2D eigenvalue weighted by atomic mass is 9.92. The zero-order chi connectivity index (χ0) is 12.7. The molecule has 0 bridgehead atoms. The molecule has 0 radical (unpaired) electrons. The van der Waals surface area contributed by atoms with Crippen molar-refractivity contribution >= 4 is 0 Å². The molecular formula is C13H14N2O3. The first-order valence-corrected chi connectivity index (χ1v) is 5.85. The summed E-state index contributed by atoms with van der Waals surface area (Å²) < 4.78 is 16.3. The molecule has 0 saturated carbocycles. The average Bonchev–Trinajstić information content (AvgIpc) is 2.84. The number of hydrogen-bond donors (Lipinski definition) is 0. The van der Waals surface area contributed by atoms with Crippen molar-refractivity contribution in [2.24, 2.45) is 0 Å². The van der Waals surface area contributed by atoms with E-state index in [-0.39, 0.29) is 12.8 Å². The summed E-state index contributed by atoms with van der Waals surface area (Å²) in [6.45, 7) is 1.07. The third-order valence-corrected chi connectivity index (χ3v) is 3.52. The van der Waals surface area contributed by atoms with Gasteiger partial charge in [0.15, 0.2) is 11.5 Å². The zero-order valence-electron chi connectivity index (χ0n) is 10.4. The van der Waals surface area contributed by atoms with E-state index >= 15 is 0 Å². The summed E-state index contributed by atoms with van der Waals surface area (Å²) >= 11 is 0. The van der Waals surface area contributed by atoms with Gasteiger partial charge in [-0.05, 0) is 25.1 Å². The Morgan fingerprint density at radius 3 is 3.06 bits per heavy atom. The maximum atomic E-state index is 9.36. The number of methoxy groups -OCH3 is 1. The van der Waals surface area contributed by atoms with Crippen LogP contribution >= 0.6 is 0 Å². The molecule has 1 aromatic rings. The molecule has 3 rings (SSSR count). The highest BCUT2D eigenvalue weighted by molar-refractivity contribution is 5.62. The van der Waals surface area contributed by atoms with Gasteiger partial charge in [-0.1, -0.05) is 0 Å². The van der Waals surface area contributed by atoms with Crippen LogP contribution in [0.2, 0.25) is 0 Å². The van der Waals surface area contributed by atoms with Crippen LogP contribution in [0.3, 0.4) is 0 Å². The van der Waals surface area contributed by atoms with Gasteiger partial charge in [0.25, 0.3) is 0 Å². The topological polar surface area (TPSA) is 54.7 Å². The molecule has 18 heavy (non-hydrogen) atoms. The van der Waals surface area contributed by atoms with E-state index in [9.17, 15) is 5.26 Å². The van der Waals surface area contributed by atoms with E-state index in [0.29, 0.717) is 17.2 Å². The fraction of sp³-hybridized carbons (Fsp3) is 0.462. The van der Waals surface area contributed by atoms with Crippen LogP contribution in [0.1, 0.15) is 17.2 Å². The minimum atomic E-state index is -0.293. The second-order valence-electron chi connectivity index (χ2n) is 4.48. The number of benzene rings is 1. The maximum Gasteiger partial charge on any atom is 0.231 e. The standard InChI is InChI=1S/C13H14N2O3/c1-15-4-3-8-5-10-12(18-7-17-10)13(16-2)11(8)9(15)6-14/h5,9H,3-4,7H2,1-2H3/t9-/m0/s1. The molecule has 1 atom stereocenters. The Morgan fingerprint density at radius 1 is 1.50 bits per heavy atom. The molecule has 0 aromatic heterocycles. The molecule has 0 fully saturated rings. The van der Waals surface area contributed by atoms with E-state index in [4.69, 9.17) is 14.2 Å². The smallest absolute Gasteiger partial charge is 0.231 e. The molecule has 0 aliphatic carbocycles. The first-order chi connectivity index (χ1) is 8.76. The maximum absolute atomic E-state index is 9.36. The molecule has 0 saturated heterocycles. The molecule has 0 amide bonds. The number of fused-ring (bicyclic) bond motifs is 2. The van der Waals surface area contributed by atoms with Crippen molar-refractivity contribution in [3.05, 3.63) is 17.2 Å². The number of likely N-dealkylation sites (N-methyl/N-ethyl adjacent to an activating group) is 1. The van der Waals surface area contributed by atoms with Gasteiger partial charge in [-0.15, -0.1) is 0 Å². The molecule has 5 nitrogen and oxygen atoms in total. The Morgan fingerprint density at radius 2 is 2.33 bits per heavy atom. The Balaban J connectivity index is 2.23. The van der Waals surface area contributed by atoms with Crippen molar-refractivity contribution in [2.45, 2.75) is 12.5 Å². The first-order valence-electron chi connectivity index (χ1n) is 5.85. The summed E-state index contributed by atoms with van der Waals surface area (Å²) in [4.78, 5) is 2.02. The fourth-order valence-corrected chi connectivity index (χ4v) is 2.60. The van der Waals surface area contributed by atoms with Crippen LogP contribution < -0.4 is 14.2 Å². The monoisotopic (exact) mass is 246 g/mol. The normalized spacial score (nSPS) is 21.3. The Hall–Kier alpha value is -1.93. The van der Waals surface area contributed by atoms with Crippen LogP contribution in [0, 0.1) is 11.3 Å². The SMILES string of the molecule is COc1c2c(cc3c1[C@H](C#N)N(C)CC3)OCO2. The number of ether oxygens (including phenoxy) is 3. The van der Waals surface area contributed by atoms with E-state index in [1.807, 2.05) is 18.0 Å². The second kappa shape index (κ2) is 4.07. The number of nitriles is 1. The van der Waals surface area contributed by atoms with Gasteiger partial charge in [-0.2, -0.15) is 5.26 Å². The zero-order valence-corrected chi connectivity index (χ0v) is 10.4. The summed E-state index contributed by atoms with van der Waals surface area (Å²) in [5.41, 5.74) is 2.03. The highest BCUT2D eigenvalue weighted by Crippen LogP contribution is 2.49. The lowest BCUT2D eigenvalue weighted by Crippen LogP contribution is -2.31. The van der Waals surface area contributed by atoms with E-state index in [2.05, 4.69) is 6.07 Å². The molecular weight excluding hydrogens is 232 g/mol. The fourth-order valence-electron chi connectivity index (χ4n) is 2.60. The number of hydrogen-bond acceptors (Lipinski definition) is 5. The summed E-state index contributed by atoms with van der Waals surface area (Å²) in [7, 11) is 3.54. The largest absolute Gasteiger partial charge is 0.492 e. The first kappa shape index (κ1) is 11.2. The predicted octanol–water partition coefficient (Wildman–Crippen LogP) is 1.48. The van der Waals surface area contributed by atoms with Crippen molar-refractivity contribution in [2.75, 3.05) is 27.5 Å². The molecule has 2 heterocycles. The molecule has 0 unspecified atom stereocenters. The predicted molar refractivity (Wildman–Crippen MR) is 63.8 cm³/mol. The molecule has 0 spiro atoms. The van der Waals surface area contributed by atoms with E-state index in [0.717, 1.165) is 24.1 Å². The average molecular weight is 246 g/mol. The van der Waals surface area contributed by atoms with Crippen LogP contribution in [0.4, 0.5) is 0 Å². The van der Waals surface area contributed by atoms with Crippen molar-refractivity contribution in [3.63, 3.8) is 0 Å². The van der Waals surface area contributed by atoms with Crippen molar-refractivity contribution < 1.29 is 14.2 Å². The van der Waals surface area contributed by atoms with Crippen LogP contribution in [-0.2, 0) is 6.42 Å². The molecule has 2 aliphatic heterocycles. The summed E-state index contributed by atoms with van der Waals surface area (Å²) in [5, 5.41) is 9.36. The van der Waals surface area contributed by atoms with Gasteiger partial charge >= 0.3 is 0 Å². The quantitative estimate of drug-likeness (QED) is 0.751. The van der Waals surface area contributed by atoms with E-state index < -0.39 is 0 Å². The third-order valence-electron chi connectivity index (χ3n) is 3.52. The van der Waals surface area contributed by atoms with Crippen molar-refractivity contribution in [1.82, 2.24) is 4.90 Å². The molecule has 1 aromatic carbocycles. The van der Waals surface area contributed by atoms with E-state index in [1.54, 1.807) is 7.11 Å². The van der Waals surface area contributed by atoms with Crippen LogP contribution in [0.25, 0.3) is 0 Å². The number of nitrogens with zero attached hydrogens (tertiary/aromatic N) is 2. The lowest BCUT2D eigenvalue weighted by molar-refractivity contribution is 0.171. The van der Waals surface area contributed by atoms with Gasteiger partial charge in [-0.25, -0.2) is 0 Å². The highest BCUT2D eigenvalue weighted by Gasteiger charge is 2.33. The lowest BCUT2D eigenvalue weighted by Gasteiger charge is -2.31. The van der Waals surface area contributed by atoms with Gasteiger partial charge in [0.1, 0.15) is 6.04 Å². The van der Waals surface area contributed by atoms with Gasteiger partial charge in [-0.3, -0.25) is 4.90 Å². The Bertz CT molecular complexity index is 536. The van der Waals surface area contributed by atoms with Gasteiger partial charge < -0.3 is 14.2 Å². The molecule has 5 heteroatoms. The van der Waals surface area contributed by atoms with Crippen molar-refractivity contribution in [1.29, 1.82) is 5.26 Å². The van der Waals surface area contributed by atoms with E-state index in [1.165, 1.54) is 0 Å². The van der Waals surface area contributed by atoms with Crippen LogP contribution in [0.15, 0.2) is 6.07 Å². The van der Waals surface area contributed by atoms with Gasteiger partial charge in [0, 0.05) is 12.1 Å². The highest BCUT2D eigenvalue weighted by atomic mass is 16.7. The Kier molecular flexibility index (Phi) is 2.53. The minimum absolute atomic E-state index is 0.210. The molecule has 2 aliphatic rings.